The highest BCUT2D eigenvalue weighted by Crippen LogP contribution is 2.24. The minimum atomic E-state index is 0. The van der Waals surface area contributed by atoms with Gasteiger partial charge in [0.05, 0.1) is 6.04 Å². The maximum Gasteiger partial charge on any atom is 0.223 e. The van der Waals surface area contributed by atoms with Gasteiger partial charge in [-0.3, -0.25) is 4.79 Å². The topological polar surface area (TPSA) is 32.3 Å². The summed E-state index contributed by atoms with van der Waals surface area (Å²) in [4.78, 5) is 14.5. The molecule has 124 valence electrons. The van der Waals surface area contributed by atoms with E-state index in [4.69, 9.17) is 0 Å². The number of nitrogens with one attached hydrogen (secondary N) is 1. The van der Waals surface area contributed by atoms with Gasteiger partial charge in [-0.15, -0.1) is 12.4 Å². The first-order valence-corrected chi connectivity index (χ1v) is 9.23. The fraction of sp³-hybridized carbons (Fsp3) is 0.588. The minimum Gasteiger partial charge on any atom is -0.333 e. The number of rotatable bonds is 6. The molecule has 0 aliphatic carbocycles. The van der Waals surface area contributed by atoms with Crippen molar-refractivity contribution < 1.29 is 4.79 Å². The van der Waals surface area contributed by atoms with E-state index in [2.05, 4.69) is 47.7 Å². The van der Waals surface area contributed by atoms with Crippen LogP contribution in [0.4, 0.5) is 0 Å². The van der Waals surface area contributed by atoms with Crippen LogP contribution in [0.2, 0.25) is 0 Å². The highest BCUT2D eigenvalue weighted by molar-refractivity contribution is 7.98. The van der Waals surface area contributed by atoms with Crippen molar-refractivity contribution in [3.05, 3.63) is 35.4 Å². The van der Waals surface area contributed by atoms with E-state index >= 15 is 0 Å². The van der Waals surface area contributed by atoms with Crippen LogP contribution in [0.25, 0.3) is 0 Å². The Balaban J connectivity index is 0.00000242. The second-order valence-electron chi connectivity index (χ2n) is 5.50. The third-order valence-electron chi connectivity index (χ3n) is 4.08. The third-order valence-corrected chi connectivity index (χ3v) is 4.77. The van der Waals surface area contributed by atoms with Gasteiger partial charge in [-0.25, -0.2) is 0 Å². The van der Waals surface area contributed by atoms with Crippen molar-refractivity contribution in [2.24, 2.45) is 0 Å². The average molecular weight is 343 g/mol. The average Bonchev–Trinajstić information content (AvgIpc) is 2.55. The Labute approximate surface area is 144 Å². The Morgan fingerprint density at radius 1 is 1.36 bits per heavy atom. The quantitative estimate of drug-likeness (QED) is 0.805. The zero-order valence-corrected chi connectivity index (χ0v) is 15.1. The lowest BCUT2D eigenvalue weighted by Gasteiger charge is -2.36. The van der Waals surface area contributed by atoms with Crippen molar-refractivity contribution in [3.63, 3.8) is 0 Å². The molecule has 0 radical (unpaired) electrons. The number of aryl methyl sites for hydroxylation is 1. The summed E-state index contributed by atoms with van der Waals surface area (Å²) >= 11 is 1.81. The van der Waals surface area contributed by atoms with Crippen LogP contribution in [-0.2, 0) is 11.2 Å². The van der Waals surface area contributed by atoms with Gasteiger partial charge in [0.25, 0.3) is 0 Å². The SMILES string of the molecule is CCc1ccc(C2CNCCN2C(=O)CCCSC)cc1.Cl. The van der Waals surface area contributed by atoms with Crippen LogP contribution >= 0.6 is 24.2 Å². The summed E-state index contributed by atoms with van der Waals surface area (Å²) in [5.41, 5.74) is 2.60. The second kappa shape index (κ2) is 10.1. The molecule has 5 heteroatoms. The molecule has 0 aromatic heterocycles. The van der Waals surface area contributed by atoms with E-state index in [1.807, 2.05) is 11.8 Å². The van der Waals surface area contributed by atoms with Crippen LogP contribution in [0.3, 0.4) is 0 Å². The first-order valence-electron chi connectivity index (χ1n) is 7.84. The van der Waals surface area contributed by atoms with Crippen molar-refractivity contribution in [1.29, 1.82) is 0 Å². The molecule has 0 bridgehead atoms. The smallest absolute Gasteiger partial charge is 0.223 e. The van der Waals surface area contributed by atoms with Crippen molar-refractivity contribution in [3.8, 4) is 0 Å². The summed E-state index contributed by atoms with van der Waals surface area (Å²) < 4.78 is 0. The van der Waals surface area contributed by atoms with Crippen LogP contribution in [-0.4, -0.2) is 42.4 Å². The minimum absolute atomic E-state index is 0. The number of nitrogens with zero attached hydrogens (tertiary/aromatic N) is 1. The molecular weight excluding hydrogens is 316 g/mol. The Kier molecular flexibility index (Phi) is 8.91. The monoisotopic (exact) mass is 342 g/mol. The van der Waals surface area contributed by atoms with Crippen LogP contribution in [0.5, 0.6) is 0 Å². The first kappa shape index (κ1) is 19.3. The van der Waals surface area contributed by atoms with E-state index in [-0.39, 0.29) is 18.4 Å². The third kappa shape index (κ3) is 5.18. The van der Waals surface area contributed by atoms with Crippen molar-refractivity contribution >= 4 is 30.1 Å². The van der Waals surface area contributed by atoms with Gasteiger partial charge in [-0.2, -0.15) is 11.8 Å². The maximum absolute atomic E-state index is 12.5. The molecule has 2 rings (SSSR count). The predicted octanol–water partition coefficient (Wildman–Crippen LogP) is 3.29. The standard InChI is InChI=1S/C17H26N2OS.ClH/c1-3-14-6-8-15(9-7-14)16-13-18-10-11-19(16)17(20)5-4-12-21-2;/h6-9,16,18H,3-5,10-13H2,1-2H3;1H. The first-order chi connectivity index (χ1) is 10.3. The number of carbonyl (C=O) groups excluding carboxylic acids is 1. The fourth-order valence-corrected chi connectivity index (χ4v) is 3.22. The summed E-state index contributed by atoms with van der Waals surface area (Å²) in [5, 5.41) is 3.42. The molecule has 0 saturated carbocycles. The highest BCUT2D eigenvalue weighted by atomic mass is 35.5. The van der Waals surface area contributed by atoms with Gasteiger partial charge in [0.15, 0.2) is 0 Å². The molecule has 1 saturated heterocycles. The van der Waals surface area contributed by atoms with Crippen LogP contribution in [0.1, 0.15) is 36.9 Å². The lowest BCUT2D eigenvalue weighted by Crippen LogP contribution is -2.48. The van der Waals surface area contributed by atoms with Crippen molar-refractivity contribution in [1.82, 2.24) is 10.2 Å². The fourth-order valence-electron chi connectivity index (χ4n) is 2.79. The summed E-state index contributed by atoms with van der Waals surface area (Å²) in [6.45, 7) is 4.74. The van der Waals surface area contributed by atoms with Crippen LogP contribution in [0, 0.1) is 0 Å². The summed E-state index contributed by atoms with van der Waals surface area (Å²) in [5.74, 6) is 1.36. The molecular formula is C17H27ClN2OS. The second-order valence-corrected chi connectivity index (χ2v) is 6.48. The highest BCUT2D eigenvalue weighted by Gasteiger charge is 2.27. The van der Waals surface area contributed by atoms with Gasteiger partial charge >= 0.3 is 0 Å². The molecule has 1 fully saturated rings. The molecule has 1 amide bonds. The molecule has 0 spiro atoms. The zero-order valence-electron chi connectivity index (χ0n) is 13.5. The number of hydrogen-bond donors (Lipinski definition) is 1. The van der Waals surface area contributed by atoms with E-state index in [9.17, 15) is 4.79 Å². The molecule has 1 aliphatic heterocycles. The van der Waals surface area contributed by atoms with Crippen LogP contribution in [0.15, 0.2) is 24.3 Å². The maximum atomic E-state index is 12.5. The molecule has 3 nitrogen and oxygen atoms in total. The molecule has 1 heterocycles. The van der Waals surface area contributed by atoms with Gasteiger partial charge in [0, 0.05) is 26.1 Å². The Bertz CT molecular complexity index is 452. The number of carbonyl (C=O) groups is 1. The van der Waals surface area contributed by atoms with Gasteiger partial charge < -0.3 is 10.2 Å². The number of piperazine rings is 1. The number of benzene rings is 1. The lowest BCUT2D eigenvalue weighted by atomic mass is 10.0. The number of amides is 1. The molecule has 22 heavy (non-hydrogen) atoms. The largest absolute Gasteiger partial charge is 0.333 e. The summed E-state index contributed by atoms with van der Waals surface area (Å²) in [6.07, 6.45) is 4.80. The van der Waals surface area contributed by atoms with E-state index in [0.717, 1.165) is 38.2 Å². The molecule has 1 N–H and O–H groups in total. The predicted molar refractivity (Wildman–Crippen MR) is 98.0 cm³/mol. The van der Waals surface area contributed by atoms with E-state index < -0.39 is 0 Å². The zero-order chi connectivity index (χ0) is 15.1. The summed E-state index contributed by atoms with van der Waals surface area (Å²) in [7, 11) is 0. The van der Waals surface area contributed by atoms with Crippen molar-refractivity contribution in [2.45, 2.75) is 32.2 Å². The summed E-state index contributed by atoms with van der Waals surface area (Å²) in [6, 6.07) is 8.91. The van der Waals surface area contributed by atoms with E-state index in [1.54, 1.807) is 0 Å². The number of thioether (sulfide) groups is 1. The Hall–Kier alpha value is -0.710. The Morgan fingerprint density at radius 2 is 2.09 bits per heavy atom. The molecule has 1 atom stereocenters. The normalized spacial score (nSPS) is 17.9. The van der Waals surface area contributed by atoms with E-state index in [1.165, 1.54) is 11.1 Å². The van der Waals surface area contributed by atoms with Crippen molar-refractivity contribution in [2.75, 3.05) is 31.6 Å². The number of halogens is 1. The molecule has 1 aliphatic rings. The van der Waals surface area contributed by atoms with Gasteiger partial charge in [-0.1, -0.05) is 31.2 Å². The van der Waals surface area contributed by atoms with Gasteiger partial charge in [0.2, 0.25) is 5.91 Å². The molecule has 1 aromatic rings. The molecule has 1 unspecified atom stereocenters. The van der Waals surface area contributed by atoms with E-state index in [0.29, 0.717) is 12.3 Å². The molecule has 1 aromatic carbocycles. The Morgan fingerprint density at radius 3 is 2.73 bits per heavy atom. The van der Waals surface area contributed by atoms with Crippen LogP contribution < -0.4 is 5.32 Å². The number of hydrogen-bond acceptors (Lipinski definition) is 3. The van der Waals surface area contributed by atoms with Gasteiger partial charge in [-0.05, 0) is 36.0 Å². The lowest BCUT2D eigenvalue weighted by molar-refractivity contribution is -0.134. The van der Waals surface area contributed by atoms with Gasteiger partial charge in [0.1, 0.15) is 0 Å².